The van der Waals surface area contributed by atoms with Crippen LogP contribution in [0.3, 0.4) is 0 Å². The summed E-state index contributed by atoms with van der Waals surface area (Å²) < 4.78 is 6.04. The quantitative estimate of drug-likeness (QED) is 0.862. The molecule has 0 atom stereocenters. The number of nitrogens with zero attached hydrogens (tertiary/aromatic N) is 3. The van der Waals surface area contributed by atoms with Crippen LogP contribution < -0.4 is 10.2 Å². The Kier molecular flexibility index (Phi) is 3.24. The predicted octanol–water partition coefficient (Wildman–Crippen LogP) is 1.59. The van der Waals surface area contributed by atoms with E-state index < -0.39 is 0 Å². The number of nitrogens with one attached hydrogen (secondary N) is 1. The maximum Gasteiger partial charge on any atom is 0.147 e. The van der Waals surface area contributed by atoms with Crippen molar-refractivity contribution in [2.45, 2.75) is 18.4 Å². The van der Waals surface area contributed by atoms with Crippen molar-refractivity contribution < 1.29 is 4.74 Å². The molecule has 1 N–H and O–H groups in total. The summed E-state index contributed by atoms with van der Waals surface area (Å²) in [5.41, 5.74) is 1.96. The zero-order chi connectivity index (χ0) is 14.1. The predicted molar refractivity (Wildman–Crippen MR) is 82.5 cm³/mol. The molecule has 2 aromatic rings. The van der Waals surface area contributed by atoms with Crippen LogP contribution >= 0.6 is 0 Å². The highest BCUT2D eigenvalue weighted by Gasteiger charge is 2.37. The number of morpholine rings is 1. The second kappa shape index (κ2) is 5.24. The highest BCUT2D eigenvalue weighted by atomic mass is 16.5. The molecule has 5 heteroatoms. The number of aromatic nitrogens is 2. The van der Waals surface area contributed by atoms with Gasteiger partial charge in [0.1, 0.15) is 5.82 Å². The van der Waals surface area contributed by atoms with Crippen LogP contribution in [-0.2, 0) is 4.74 Å². The second-order valence-corrected chi connectivity index (χ2v) is 5.91. The standard InChI is InChI=1S/C16H20N4O/c1-2-4-14-13(3-1)18-11-15(19-14)20-8-5-16(6-9-20)12-17-7-10-21-16/h1-4,11,17H,5-10,12H2. The van der Waals surface area contributed by atoms with Gasteiger partial charge in [-0.3, -0.25) is 4.98 Å². The maximum absolute atomic E-state index is 6.04. The van der Waals surface area contributed by atoms with E-state index in [0.29, 0.717) is 0 Å². The van der Waals surface area contributed by atoms with E-state index in [2.05, 4.69) is 15.2 Å². The molecule has 21 heavy (non-hydrogen) atoms. The van der Waals surface area contributed by atoms with E-state index in [4.69, 9.17) is 9.72 Å². The Morgan fingerprint density at radius 3 is 2.71 bits per heavy atom. The Hall–Kier alpha value is -1.72. The lowest BCUT2D eigenvalue weighted by Gasteiger charge is -2.44. The van der Waals surface area contributed by atoms with Gasteiger partial charge in [0.05, 0.1) is 29.4 Å². The summed E-state index contributed by atoms with van der Waals surface area (Å²) >= 11 is 0. The van der Waals surface area contributed by atoms with Gasteiger partial charge in [-0.15, -0.1) is 0 Å². The van der Waals surface area contributed by atoms with Crippen molar-refractivity contribution in [3.05, 3.63) is 30.5 Å². The molecule has 1 aromatic heterocycles. The molecule has 0 aliphatic carbocycles. The van der Waals surface area contributed by atoms with Gasteiger partial charge in [-0.05, 0) is 25.0 Å². The van der Waals surface area contributed by atoms with Crippen LogP contribution in [0.4, 0.5) is 5.82 Å². The van der Waals surface area contributed by atoms with Gasteiger partial charge in [-0.1, -0.05) is 12.1 Å². The number of fused-ring (bicyclic) bond motifs is 1. The van der Waals surface area contributed by atoms with Gasteiger partial charge in [0, 0.05) is 26.2 Å². The highest BCUT2D eigenvalue weighted by Crippen LogP contribution is 2.29. The fourth-order valence-corrected chi connectivity index (χ4v) is 3.27. The van der Waals surface area contributed by atoms with Crippen LogP contribution in [-0.4, -0.2) is 48.4 Å². The van der Waals surface area contributed by atoms with Crippen LogP contribution in [0.5, 0.6) is 0 Å². The van der Waals surface area contributed by atoms with Crippen molar-refractivity contribution in [2.75, 3.05) is 37.7 Å². The Balaban J connectivity index is 1.51. The number of piperidine rings is 1. The first-order chi connectivity index (χ1) is 10.3. The third-order valence-electron chi connectivity index (χ3n) is 4.57. The number of para-hydroxylation sites is 2. The van der Waals surface area contributed by atoms with E-state index >= 15 is 0 Å². The third-order valence-corrected chi connectivity index (χ3v) is 4.57. The first-order valence-corrected chi connectivity index (χ1v) is 7.66. The molecular weight excluding hydrogens is 264 g/mol. The number of rotatable bonds is 1. The normalized spacial score (nSPS) is 21.8. The van der Waals surface area contributed by atoms with Crippen molar-refractivity contribution in [3.63, 3.8) is 0 Å². The fraction of sp³-hybridized carbons (Fsp3) is 0.500. The van der Waals surface area contributed by atoms with Gasteiger partial charge in [0.25, 0.3) is 0 Å². The van der Waals surface area contributed by atoms with Crippen LogP contribution in [0.2, 0.25) is 0 Å². The summed E-state index contributed by atoms with van der Waals surface area (Å²) in [6.07, 6.45) is 3.99. The lowest BCUT2D eigenvalue weighted by atomic mass is 9.90. The molecule has 3 heterocycles. The zero-order valence-corrected chi connectivity index (χ0v) is 12.1. The van der Waals surface area contributed by atoms with Gasteiger partial charge in [-0.2, -0.15) is 0 Å². The molecule has 1 spiro atoms. The molecule has 2 fully saturated rings. The lowest BCUT2D eigenvalue weighted by Crippen LogP contribution is -2.55. The summed E-state index contributed by atoms with van der Waals surface area (Å²) in [5, 5.41) is 3.45. The van der Waals surface area contributed by atoms with Gasteiger partial charge in [-0.25, -0.2) is 4.98 Å². The van der Waals surface area contributed by atoms with E-state index in [9.17, 15) is 0 Å². The van der Waals surface area contributed by atoms with Crippen molar-refractivity contribution >= 4 is 16.9 Å². The molecule has 1 aromatic carbocycles. The van der Waals surface area contributed by atoms with Gasteiger partial charge >= 0.3 is 0 Å². The molecule has 4 rings (SSSR count). The molecule has 5 nitrogen and oxygen atoms in total. The van der Waals surface area contributed by atoms with Crippen LogP contribution in [0.1, 0.15) is 12.8 Å². The minimum absolute atomic E-state index is 0.0407. The SMILES string of the molecule is c1ccc2nc(N3CCC4(CC3)CNCCO4)cnc2c1. The monoisotopic (exact) mass is 284 g/mol. The molecule has 2 aliphatic heterocycles. The minimum atomic E-state index is 0.0407. The number of benzene rings is 1. The van der Waals surface area contributed by atoms with Crippen molar-refractivity contribution in [2.24, 2.45) is 0 Å². The molecule has 0 saturated carbocycles. The summed E-state index contributed by atoms with van der Waals surface area (Å²) in [6.45, 7) is 4.74. The van der Waals surface area contributed by atoms with Crippen LogP contribution in [0.15, 0.2) is 30.5 Å². The average molecular weight is 284 g/mol. The van der Waals surface area contributed by atoms with E-state index in [1.807, 2.05) is 30.5 Å². The van der Waals surface area contributed by atoms with E-state index in [-0.39, 0.29) is 5.60 Å². The first-order valence-electron chi connectivity index (χ1n) is 7.66. The molecule has 0 radical (unpaired) electrons. The average Bonchev–Trinajstić information content (AvgIpc) is 2.56. The van der Waals surface area contributed by atoms with Crippen molar-refractivity contribution in [1.82, 2.24) is 15.3 Å². The van der Waals surface area contributed by atoms with Crippen molar-refractivity contribution in [1.29, 1.82) is 0 Å². The molecule has 2 aliphatic rings. The summed E-state index contributed by atoms with van der Waals surface area (Å²) in [5.74, 6) is 0.979. The zero-order valence-electron chi connectivity index (χ0n) is 12.1. The highest BCUT2D eigenvalue weighted by molar-refractivity contribution is 5.75. The number of hydrogen-bond donors (Lipinski definition) is 1. The summed E-state index contributed by atoms with van der Waals surface area (Å²) in [7, 11) is 0. The fourth-order valence-electron chi connectivity index (χ4n) is 3.27. The van der Waals surface area contributed by atoms with E-state index in [1.165, 1.54) is 0 Å². The largest absolute Gasteiger partial charge is 0.372 e. The number of anilines is 1. The third kappa shape index (κ3) is 2.47. The smallest absolute Gasteiger partial charge is 0.147 e. The molecular formula is C16H20N4O. The lowest BCUT2D eigenvalue weighted by molar-refractivity contribution is -0.0800. The number of hydrogen-bond acceptors (Lipinski definition) is 5. The maximum atomic E-state index is 6.04. The van der Waals surface area contributed by atoms with Gasteiger partial charge < -0.3 is 15.0 Å². The van der Waals surface area contributed by atoms with Crippen molar-refractivity contribution in [3.8, 4) is 0 Å². The Morgan fingerprint density at radius 2 is 1.95 bits per heavy atom. The van der Waals surface area contributed by atoms with E-state index in [1.54, 1.807) is 0 Å². The number of ether oxygens (including phenoxy) is 1. The Bertz CT molecular complexity index is 629. The molecule has 110 valence electrons. The molecule has 0 unspecified atom stereocenters. The topological polar surface area (TPSA) is 50.3 Å². The summed E-state index contributed by atoms with van der Waals surface area (Å²) in [6, 6.07) is 8.02. The molecule has 0 bridgehead atoms. The molecule has 0 amide bonds. The Labute approximate surface area is 124 Å². The minimum Gasteiger partial charge on any atom is -0.372 e. The second-order valence-electron chi connectivity index (χ2n) is 5.91. The first kappa shape index (κ1) is 13.0. The van der Waals surface area contributed by atoms with Crippen LogP contribution in [0.25, 0.3) is 11.0 Å². The molecule has 2 saturated heterocycles. The van der Waals surface area contributed by atoms with Gasteiger partial charge in [0.15, 0.2) is 0 Å². The van der Waals surface area contributed by atoms with Crippen LogP contribution in [0, 0.1) is 0 Å². The van der Waals surface area contributed by atoms with Gasteiger partial charge in [0.2, 0.25) is 0 Å². The Morgan fingerprint density at radius 1 is 1.14 bits per heavy atom. The van der Waals surface area contributed by atoms with E-state index in [0.717, 1.165) is 62.5 Å². The summed E-state index contributed by atoms with van der Waals surface area (Å²) in [4.78, 5) is 11.6.